The summed E-state index contributed by atoms with van der Waals surface area (Å²) in [6.07, 6.45) is 12.0. The Balaban J connectivity index is 1.96. The smallest absolute Gasteiger partial charge is 0.327 e. The van der Waals surface area contributed by atoms with Crippen molar-refractivity contribution < 1.29 is 14.7 Å². The number of terminal acetylenes is 1. The van der Waals surface area contributed by atoms with Crippen LogP contribution >= 0.6 is 0 Å². The fourth-order valence-corrected chi connectivity index (χ4v) is 3.43. The zero-order valence-electron chi connectivity index (χ0n) is 11.7. The van der Waals surface area contributed by atoms with Crippen molar-refractivity contribution in [2.75, 3.05) is 6.54 Å². The summed E-state index contributed by atoms with van der Waals surface area (Å²) in [5, 5.41) is 11.6. The Hall–Kier alpha value is -1.70. The molecule has 2 N–H and O–H groups in total. The lowest BCUT2D eigenvalue weighted by Crippen LogP contribution is -2.50. The zero-order chi connectivity index (χ0) is 14.5. The number of amides is 2. The number of nitrogens with one attached hydrogen (secondary N) is 1. The second kappa shape index (κ2) is 6.65. The molecule has 1 heterocycles. The number of nitrogens with zero attached hydrogens (tertiary/aromatic N) is 1. The fraction of sp³-hybridized carbons (Fsp3) is 0.733. The summed E-state index contributed by atoms with van der Waals surface area (Å²) in [6, 6.07) is -0.989. The first-order valence-electron chi connectivity index (χ1n) is 7.37. The topological polar surface area (TPSA) is 69.6 Å². The Morgan fingerprint density at radius 3 is 2.60 bits per heavy atom. The standard InChI is InChI=1S/C15H22N2O3/c1-2-6-12(14(18)19)16-15(20)17-10-5-9-13(17)11-7-3-4-8-11/h1,11-13H,3-10H2,(H,16,20)(H,18,19). The summed E-state index contributed by atoms with van der Waals surface area (Å²) in [5.41, 5.74) is 0. The highest BCUT2D eigenvalue weighted by molar-refractivity contribution is 5.83. The first-order chi connectivity index (χ1) is 9.63. The molecule has 110 valence electrons. The van der Waals surface area contributed by atoms with Crippen molar-refractivity contribution in [1.29, 1.82) is 0 Å². The van der Waals surface area contributed by atoms with Gasteiger partial charge in [-0.2, -0.15) is 0 Å². The van der Waals surface area contributed by atoms with Gasteiger partial charge in [0, 0.05) is 19.0 Å². The third kappa shape index (κ3) is 3.24. The second-order valence-corrected chi connectivity index (χ2v) is 5.70. The third-order valence-electron chi connectivity index (χ3n) is 4.42. The van der Waals surface area contributed by atoms with Crippen LogP contribution in [0.2, 0.25) is 0 Å². The molecule has 0 spiro atoms. The molecule has 0 aromatic carbocycles. The molecule has 2 aliphatic rings. The molecule has 0 aromatic rings. The van der Waals surface area contributed by atoms with Gasteiger partial charge in [0.15, 0.2) is 0 Å². The normalized spacial score (nSPS) is 24.4. The SMILES string of the molecule is C#CCC(NC(=O)N1CCCC1C1CCCC1)C(=O)O. The van der Waals surface area contributed by atoms with Crippen LogP contribution in [-0.4, -0.2) is 40.6 Å². The van der Waals surface area contributed by atoms with Crippen LogP contribution in [0.15, 0.2) is 0 Å². The molecule has 2 unspecified atom stereocenters. The second-order valence-electron chi connectivity index (χ2n) is 5.70. The zero-order valence-corrected chi connectivity index (χ0v) is 11.7. The van der Waals surface area contributed by atoms with Crippen LogP contribution in [0, 0.1) is 18.3 Å². The Morgan fingerprint density at radius 1 is 1.30 bits per heavy atom. The van der Waals surface area contributed by atoms with E-state index in [-0.39, 0.29) is 18.5 Å². The van der Waals surface area contributed by atoms with Crippen LogP contribution < -0.4 is 5.32 Å². The molecular weight excluding hydrogens is 256 g/mol. The number of carbonyl (C=O) groups excluding carboxylic acids is 1. The average molecular weight is 278 g/mol. The van der Waals surface area contributed by atoms with E-state index in [0.29, 0.717) is 5.92 Å². The molecule has 1 saturated heterocycles. The Bertz CT molecular complexity index is 410. The maximum Gasteiger partial charge on any atom is 0.327 e. The number of urea groups is 1. The van der Waals surface area contributed by atoms with Gasteiger partial charge in [-0.3, -0.25) is 0 Å². The van der Waals surface area contributed by atoms with Gasteiger partial charge in [0.1, 0.15) is 6.04 Å². The van der Waals surface area contributed by atoms with E-state index in [1.165, 1.54) is 25.7 Å². The Labute approximate surface area is 119 Å². The predicted molar refractivity (Wildman–Crippen MR) is 75.1 cm³/mol. The number of rotatable bonds is 4. The van der Waals surface area contributed by atoms with Crippen LogP contribution in [0.4, 0.5) is 4.79 Å². The van der Waals surface area contributed by atoms with Gasteiger partial charge in [-0.05, 0) is 31.6 Å². The van der Waals surface area contributed by atoms with Crippen LogP contribution in [0.5, 0.6) is 0 Å². The van der Waals surface area contributed by atoms with Crippen molar-refractivity contribution in [3.63, 3.8) is 0 Å². The Morgan fingerprint density at radius 2 is 2.00 bits per heavy atom. The molecule has 1 saturated carbocycles. The molecule has 2 fully saturated rings. The van der Waals surface area contributed by atoms with Crippen LogP contribution in [0.25, 0.3) is 0 Å². The molecule has 0 bridgehead atoms. The number of hydrogen-bond acceptors (Lipinski definition) is 2. The van der Waals surface area contributed by atoms with Crippen molar-refractivity contribution in [2.45, 2.75) is 57.0 Å². The molecule has 1 aliphatic carbocycles. The highest BCUT2D eigenvalue weighted by Crippen LogP contribution is 2.35. The van der Waals surface area contributed by atoms with E-state index in [4.69, 9.17) is 11.5 Å². The van der Waals surface area contributed by atoms with Crippen molar-refractivity contribution in [3.05, 3.63) is 0 Å². The predicted octanol–water partition coefficient (Wildman–Crippen LogP) is 1.83. The maximum absolute atomic E-state index is 12.3. The molecule has 2 atom stereocenters. The summed E-state index contributed by atoms with van der Waals surface area (Å²) in [7, 11) is 0. The lowest BCUT2D eigenvalue weighted by molar-refractivity contribution is -0.139. The van der Waals surface area contributed by atoms with Gasteiger partial charge in [0.2, 0.25) is 0 Å². The summed E-state index contributed by atoms with van der Waals surface area (Å²) in [5.74, 6) is 1.80. The average Bonchev–Trinajstić information content (AvgIpc) is 3.08. The van der Waals surface area contributed by atoms with Crippen molar-refractivity contribution in [2.24, 2.45) is 5.92 Å². The van der Waals surface area contributed by atoms with Gasteiger partial charge >= 0.3 is 12.0 Å². The maximum atomic E-state index is 12.3. The van der Waals surface area contributed by atoms with Gasteiger partial charge in [-0.1, -0.05) is 12.8 Å². The van der Waals surface area contributed by atoms with Gasteiger partial charge in [0.05, 0.1) is 0 Å². The Kier molecular flexibility index (Phi) is 4.89. The number of likely N-dealkylation sites (tertiary alicyclic amines) is 1. The number of aliphatic carboxylic acids is 1. The van der Waals surface area contributed by atoms with Crippen LogP contribution in [0.1, 0.15) is 44.9 Å². The quantitative estimate of drug-likeness (QED) is 0.771. The highest BCUT2D eigenvalue weighted by Gasteiger charge is 2.36. The number of carboxylic acids is 1. The van der Waals surface area contributed by atoms with E-state index in [2.05, 4.69) is 11.2 Å². The molecular formula is C15H22N2O3. The minimum Gasteiger partial charge on any atom is -0.480 e. The molecule has 0 aromatic heterocycles. The van der Waals surface area contributed by atoms with Gasteiger partial charge in [-0.15, -0.1) is 12.3 Å². The molecule has 5 heteroatoms. The first kappa shape index (κ1) is 14.7. The minimum atomic E-state index is -1.08. The van der Waals surface area contributed by atoms with E-state index in [0.717, 1.165) is 19.4 Å². The van der Waals surface area contributed by atoms with Gasteiger partial charge in [0.25, 0.3) is 0 Å². The molecule has 1 aliphatic heterocycles. The number of hydrogen-bond donors (Lipinski definition) is 2. The molecule has 2 amide bonds. The lowest BCUT2D eigenvalue weighted by Gasteiger charge is -2.30. The van der Waals surface area contributed by atoms with Gasteiger partial charge in [-0.25, -0.2) is 9.59 Å². The largest absolute Gasteiger partial charge is 0.480 e. The lowest BCUT2D eigenvalue weighted by atomic mass is 9.96. The van der Waals surface area contributed by atoms with Crippen molar-refractivity contribution in [1.82, 2.24) is 10.2 Å². The van der Waals surface area contributed by atoms with Crippen LogP contribution in [0.3, 0.4) is 0 Å². The molecule has 2 rings (SSSR count). The van der Waals surface area contributed by atoms with Crippen molar-refractivity contribution >= 4 is 12.0 Å². The van der Waals surface area contributed by atoms with E-state index in [1.54, 1.807) is 0 Å². The van der Waals surface area contributed by atoms with E-state index in [9.17, 15) is 9.59 Å². The van der Waals surface area contributed by atoms with Crippen LogP contribution in [-0.2, 0) is 4.79 Å². The first-order valence-corrected chi connectivity index (χ1v) is 7.37. The molecule has 20 heavy (non-hydrogen) atoms. The summed E-state index contributed by atoms with van der Waals surface area (Å²) in [6.45, 7) is 0.718. The van der Waals surface area contributed by atoms with Gasteiger partial charge < -0.3 is 15.3 Å². The fourth-order valence-electron chi connectivity index (χ4n) is 3.43. The number of carbonyl (C=O) groups is 2. The number of carboxylic acid groups (broad SMARTS) is 1. The minimum absolute atomic E-state index is 0.0169. The molecule has 5 nitrogen and oxygen atoms in total. The summed E-state index contributed by atoms with van der Waals surface area (Å²) < 4.78 is 0. The summed E-state index contributed by atoms with van der Waals surface area (Å²) >= 11 is 0. The molecule has 0 radical (unpaired) electrons. The van der Waals surface area contributed by atoms with E-state index in [1.807, 2.05) is 4.90 Å². The van der Waals surface area contributed by atoms with E-state index >= 15 is 0 Å². The monoisotopic (exact) mass is 278 g/mol. The highest BCUT2D eigenvalue weighted by atomic mass is 16.4. The summed E-state index contributed by atoms with van der Waals surface area (Å²) in [4.78, 5) is 25.2. The van der Waals surface area contributed by atoms with Crippen molar-refractivity contribution in [3.8, 4) is 12.3 Å². The van der Waals surface area contributed by atoms with E-state index < -0.39 is 12.0 Å². The third-order valence-corrected chi connectivity index (χ3v) is 4.42.